The van der Waals surface area contributed by atoms with Gasteiger partial charge < -0.3 is 5.32 Å². The van der Waals surface area contributed by atoms with Crippen molar-refractivity contribution in [3.8, 4) is 0 Å². The molecular formula is C15H24BrCl2FN2. The number of benzene rings is 1. The first-order chi connectivity index (χ1) is 9.24. The highest BCUT2D eigenvalue weighted by molar-refractivity contribution is 9.10. The van der Waals surface area contributed by atoms with Gasteiger partial charge in [0.2, 0.25) is 0 Å². The van der Waals surface area contributed by atoms with Crippen LogP contribution in [0, 0.1) is 5.82 Å². The van der Waals surface area contributed by atoms with Gasteiger partial charge in [0.25, 0.3) is 0 Å². The van der Waals surface area contributed by atoms with Crippen molar-refractivity contribution >= 4 is 40.7 Å². The van der Waals surface area contributed by atoms with Gasteiger partial charge in [-0.25, -0.2) is 4.39 Å². The lowest BCUT2D eigenvalue weighted by Crippen LogP contribution is -2.45. The van der Waals surface area contributed by atoms with Crippen LogP contribution in [0.15, 0.2) is 22.7 Å². The van der Waals surface area contributed by atoms with Gasteiger partial charge in [-0.1, -0.05) is 31.9 Å². The Bertz CT molecular complexity index is 415. The number of nitrogens with zero attached hydrogens (tertiary/aromatic N) is 1. The molecule has 0 aliphatic carbocycles. The highest BCUT2D eigenvalue weighted by Gasteiger charge is 2.24. The number of hydrogen-bond acceptors (Lipinski definition) is 2. The minimum atomic E-state index is -0.0952. The molecule has 1 atom stereocenters. The molecule has 2 rings (SSSR count). The molecule has 0 aromatic heterocycles. The molecule has 0 amide bonds. The van der Waals surface area contributed by atoms with E-state index in [2.05, 4.69) is 33.1 Å². The molecule has 21 heavy (non-hydrogen) atoms. The van der Waals surface area contributed by atoms with Crippen molar-refractivity contribution in [2.24, 2.45) is 0 Å². The Labute approximate surface area is 147 Å². The molecular weight excluding hydrogens is 378 g/mol. The zero-order valence-electron chi connectivity index (χ0n) is 12.3. The maximum absolute atomic E-state index is 14.3. The Balaban J connectivity index is 0.00000200. The van der Waals surface area contributed by atoms with Crippen LogP contribution in [0.5, 0.6) is 0 Å². The second-order valence-corrected chi connectivity index (χ2v) is 5.94. The fraction of sp³-hybridized carbons (Fsp3) is 0.600. The Kier molecular flexibility index (Phi) is 10.9. The molecule has 1 aromatic carbocycles. The lowest BCUT2D eigenvalue weighted by molar-refractivity contribution is 0.160. The Morgan fingerprint density at radius 3 is 2.57 bits per heavy atom. The first kappa shape index (κ1) is 21.1. The lowest BCUT2D eigenvalue weighted by atomic mass is 9.98. The lowest BCUT2D eigenvalue weighted by Gasteiger charge is -2.35. The van der Waals surface area contributed by atoms with Gasteiger partial charge >= 0.3 is 0 Å². The van der Waals surface area contributed by atoms with E-state index in [0.717, 1.165) is 51.0 Å². The number of hydrogen-bond donors (Lipinski definition) is 1. The van der Waals surface area contributed by atoms with E-state index in [9.17, 15) is 4.39 Å². The third-order valence-corrected chi connectivity index (χ3v) is 4.38. The number of nitrogens with one attached hydrogen (secondary N) is 1. The van der Waals surface area contributed by atoms with Crippen LogP contribution in [0.1, 0.15) is 37.8 Å². The average Bonchev–Trinajstić information content (AvgIpc) is 2.45. The second kappa shape index (κ2) is 10.8. The van der Waals surface area contributed by atoms with Crippen molar-refractivity contribution in [2.45, 2.75) is 32.2 Å². The largest absolute Gasteiger partial charge is 0.314 e. The van der Waals surface area contributed by atoms with Crippen LogP contribution in [0.4, 0.5) is 4.39 Å². The molecule has 122 valence electrons. The summed E-state index contributed by atoms with van der Waals surface area (Å²) in [5.74, 6) is -0.0952. The molecule has 0 saturated carbocycles. The molecule has 1 aromatic rings. The third kappa shape index (κ3) is 5.68. The molecule has 1 heterocycles. The first-order valence-corrected chi connectivity index (χ1v) is 7.92. The smallest absolute Gasteiger partial charge is 0.142 e. The van der Waals surface area contributed by atoms with Crippen LogP contribution in [0.2, 0.25) is 0 Å². The van der Waals surface area contributed by atoms with Crippen molar-refractivity contribution in [1.82, 2.24) is 10.2 Å². The molecule has 0 bridgehead atoms. The number of halogens is 4. The summed E-state index contributed by atoms with van der Waals surface area (Å²) in [6.07, 6.45) is 3.32. The van der Waals surface area contributed by atoms with Crippen molar-refractivity contribution in [3.63, 3.8) is 0 Å². The van der Waals surface area contributed by atoms with Crippen molar-refractivity contribution in [3.05, 3.63) is 34.1 Å². The fourth-order valence-electron chi connectivity index (χ4n) is 2.70. The van der Waals surface area contributed by atoms with Crippen LogP contribution >= 0.6 is 40.7 Å². The average molecular weight is 402 g/mol. The van der Waals surface area contributed by atoms with Gasteiger partial charge in [0.1, 0.15) is 5.82 Å². The van der Waals surface area contributed by atoms with E-state index in [4.69, 9.17) is 0 Å². The van der Waals surface area contributed by atoms with Gasteiger partial charge in [-0.3, -0.25) is 4.90 Å². The van der Waals surface area contributed by atoms with Crippen LogP contribution in [-0.4, -0.2) is 31.1 Å². The maximum Gasteiger partial charge on any atom is 0.142 e. The van der Waals surface area contributed by atoms with E-state index in [0.29, 0.717) is 4.47 Å². The summed E-state index contributed by atoms with van der Waals surface area (Å²) in [6, 6.07) is 5.85. The van der Waals surface area contributed by atoms with Crippen molar-refractivity contribution < 1.29 is 4.39 Å². The molecule has 1 fully saturated rings. The Morgan fingerprint density at radius 2 is 1.95 bits per heavy atom. The predicted molar refractivity (Wildman–Crippen MR) is 95.3 cm³/mol. The molecule has 1 aliphatic heterocycles. The summed E-state index contributed by atoms with van der Waals surface area (Å²) >= 11 is 3.30. The van der Waals surface area contributed by atoms with Gasteiger partial charge in [0, 0.05) is 37.8 Å². The molecule has 1 N–H and O–H groups in total. The van der Waals surface area contributed by atoms with Crippen LogP contribution in [0.3, 0.4) is 0 Å². The minimum absolute atomic E-state index is 0. The normalized spacial score (nSPS) is 16.7. The molecule has 1 aliphatic rings. The topological polar surface area (TPSA) is 15.3 Å². The highest BCUT2D eigenvalue weighted by Crippen LogP contribution is 2.31. The number of rotatable bonds is 5. The SMILES string of the molecule is CCCC[C@H](c1cccc(Br)c1F)N1CCNCC1.Cl.Cl. The van der Waals surface area contributed by atoms with Crippen LogP contribution in [0.25, 0.3) is 0 Å². The van der Waals surface area contributed by atoms with Crippen molar-refractivity contribution in [1.29, 1.82) is 0 Å². The van der Waals surface area contributed by atoms with E-state index in [1.807, 2.05) is 12.1 Å². The third-order valence-electron chi connectivity index (χ3n) is 3.76. The Hall–Kier alpha value is 0.130. The number of piperazine rings is 1. The quantitative estimate of drug-likeness (QED) is 0.777. The summed E-state index contributed by atoms with van der Waals surface area (Å²) < 4.78 is 14.9. The monoisotopic (exact) mass is 400 g/mol. The molecule has 2 nitrogen and oxygen atoms in total. The summed E-state index contributed by atoms with van der Waals surface area (Å²) in [5, 5.41) is 3.36. The van der Waals surface area contributed by atoms with Gasteiger partial charge in [-0.2, -0.15) is 0 Å². The van der Waals surface area contributed by atoms with Gasteiger partial charge in [-0.05, 0) is 28.4 Å². The molecule has 0 unspecified atom stereocenters. The van der Waals surface area contributed by atoms with Crippen LogP contribution < -0.4 is 5.32 Å². The second-order valence-electron chi connectivity index (χ2n) is 5.09. The predicted octanol–water partition coefficient (Wildman–Crippen LogP) is 4.57. The van der Waals surface area contributed by atoms with Gasteiger partial charge in [0.05, 0.1) is 4.47 Å². The van der Waals surface area contributed by atoms with E-state index in [1.54, 1.807) is 6.07 Å². The summed E-state index contributed by atoms with van der Waals surface area (Å²) in [6.45, 7) is 6.18. The fourth-order valence-corrected chi connectivity index (χ4v) is 3.09. The van der Waals surface area contributed by atoms with E-state index >= 15 is 0 Å². The summed E-state index contributed by atoms with van der Waals surface area (Å²) in [4.78, 5) is 2.41. The van der Waals surface area contributed by atoms with Gasteiger partial charge in [0.15, 0.2) is 0 Å². The van der Waals surface area contributed by atoms with E-state index in [1.165, 1.54) is 0 Å². The molecule has 0 spiro atoms. The van der Waals surface area contributed by atoms with Crippen molar-refractivity contribution in [2.75, 3.05) is 26.2 Å². The standard InChI is InChI=1S/C15H22BrFN2.2ClH/c1-2-3-7-14(19-10-8-18-9-11-19)12-5-4-6-13(16)15(12)17;;/h4-6,14,18H,2-3,7-11H2,1H3;2*1H/t14-;;/m1../s1. The van der Waals surface area contributed by atoms with E-state index < -0.39 is 0 Å². The first-order valence-electron chi connectivity index (χ1n) is 7.12. The molecule has 1 saturated heterocycles. The zero-order chi connectivity index (χ0) is 13.7. The zero-order valence-corrected chi connectivity index (χ0v) is 15.5. The van der Waals surface area contributed by atoms with Gasteiger partial charge in [-0.15, -0.1) is 24.8 Å². The summed E-state index contributed by atoms with van der Waals surface area (Å²) in [7, 11) is 0. The molecule has 0 radical (unpaired) electrons. The highest BCUT2D eigenvalue weighted by atomic mass is 79.9. The van der Waals surface area contributed by atoms with Crippen LogP contribution in [-0.2, 0) is 0 Å². The molecule has 6 heteroatoms. The Morgan fingerprint density at radius 1 is 1.29 bits per heavy atom. The number of unbranched alkanes of at least 4 members (excludes halogenated alkanes) is 1. The minimum Gasteiger partial charge on any atom is -0.314 e. The maximum atomic E-state index is 14.3. The van der Waals surface area contributed by atoms with E-state index in [-0.39, 0.29) is 36.7 Å². The summed E-state index contributed by atoms with van der Waals surface area (Å²) in [5.41, 5.74) is 0.838.